The molecule has 0 bridgehead atoms. The van der Waals surface area contributed by atoms with Crippen LogP contribution in [-0.4, -0.2) is 29.7 Å². The van der Waals surface area contributed by atoms with Crippen LogP contribution in [0.1, 0.15) is 39.5 Å². The topological polar surface area (TPSA) is 78.4 Å². The summed E-state index contributed by atoms with van der Waals surface area (Å²) in [7, 11) is 0. The maximum absolute atomic E-state index is 11.4. The number of carboxylic acids is 1. The number of rotatable bonds is 7. The highest BCUT2D eigenvalue weighted by molar-refractivity contribution is 5.82. The average Bonchev–Trinajstić information content (AvgIpc) is 3.04. The number of urea groups is 1. The number of hydrogen-bond acceptors (Lipinski definition) is 2. The van der Waals surface area contributed by atoms with Crippen LogP contribution in [0.25, 0.3) is 0 Å². The van der Waals surface area contributed by atoms with E-state index in [2.05, 4.69) is 10.6 Å². The van der Waals surface area contributed by atoms with Crippen LogP contribution < -0.4 is 10.6 Å². The Hall–Kier alpha value is -1.26. The van der Waals surface area contributed by atoms with Crippen molar-refractivity contribution < 1.29 is 14.7 Å². The summed E-state index contributed by atoms with van der Waals surface area (Å²) in [6.07, 6.45) is 4.77. The highest BCUT2D eigenvalue weighted by Crippen LogP contribution is 2.33. The smallest absolute Gasteiger partial charge is 0.326 e. The third-order valence-corrected chi connectivity index (χ3v) is 2.99. The van der Waals surface area contributed by atoms with Gasteiger partial charge in [0.2, 0.25) is 0 Å². The van der Waals surface area contributed by atoms with Crippen molar-refractivity contribution in [2.24, 2.45) is 11.8 Å². The summed E-state index contributed by atoms with van der Waals surface area (Å²) < 4.78 is 0. The molecule has 0 spiro atoms. The molecule has 0 aliphatic heterocycles. The number of aliphatic carboxylic acids is 1. The maximum atomic E-state index is 11.4. The third kappa shape index (κ3) is 5.56. The molecule has 17 heavy (non-hydrogen) atoms. The van der Waals surface area contributed by atoms with Crippen LogP contribution in [0.2, 0.25) is 0 Å². The fourth-order valence-corrected chi connectivity index (χ4v) is 1.71. The van der Waals surface area contributed by atoms with Gasteiger partial charge in [0, 0.05) is 6.54 Å². The zero-order valence-electron chi connectivity index (χ0n) is 10.5. The molecule has 1 rings (SSSR count). The molecule has 1 fully saturated rings. The first-order chi connectivity index (χ1) is 8.00. The van der Waals surface area contributed by atoms with Crippen LogP contribution in [0.15, 0.2) is 0 Å². The van der Waals surface area contributed by atoms with E-state index in [0.29, 0.717) is 6.54 Å². The van der Waals surface area contributed by atoms with Crippen molar-refractivity contribution in [1.82, 2.24) is 10.6 Å². The minimum atomic E-state index is -0.992. The lowest BCUT2D eigenvalue weighted by Gasteiger charge is -2.18. The SMILES string of the molecule is CC(C)C(NC(=O)NCCCC1CC1)C(=O)O. The average molecular weight is 242 g/mol. The van der Waals surface area contributed by atoms with E-state index in [1.54, 1.807) is 13.8 Å². The second-order valence-electron chi connectivity index (χ2n) is 5.05. The normalized spacial score (nSPS) is 16.6. The molecule has 1 aliphatic rings. The highest BCUT2D eigenvalue weighted by Gasteiger charge is 2.23. The van der Waals surface area contributed by atoms with Crippen LogP contribution in [0.4, 0.5) is 4.79 Å². The molecule has 0 heterocycles. The van der Waals surface area contributed by atoms with Gasteiger partial charge in [-0.15, -0.1) is 0 Å². The van der Waals surface area contributed by atoms with E-state index in [9.17, 15) is 9.59 Å². The van der Waals surface area contributed by atoms with Gasteiger partial charge in [0.1, 0.15) is 6.04 Å². The number of carboxylic acid groups (broad SMARTS) is 1. The molecule has 0 radical (unpaired) electrons. The zero-order chi connectivity index (χ0) is 12.8. The first-order valence-electron chi connectivity index (χ1n) is 6.28. The molecule has 0 aromatic heterocycles. The van der Waals surface area contributed by atoms with Gasteiger partial charge >= 0.3 is 12.0 Å². The Morgan fingerprint density at radius 3 is 2.47 bits per heavy atom. The van der Waals surface area contributed by atoms with Gasteiger partial charge in [0.05, 0.1) is 0 Å². The number of carbonyl (C=O) groups is 2. The summed E-state index contributed by atoms with van der Waals surface area (Å²) >= 11 is 0. The second kappa shape index (κ2) is 6.47. The molecular weight excluding hydrogens is 220 g/mol. The van der Waals surface area contributed by atoms with Crippen LogP contribution in [0, 0.1) is 11.8 Å². The molecule has 3 N–H and O–H groups in total. The fraction of sp³-hybridized carbons (Fsp3) is 0.833. The van der Waals surface area contributed by atoms with Crippen molar-refractivity contribution in [2.45, 2.75) is 45.6 Å². The van der Waals surface area contributed by atoms with E-state index in [0.717, 1.165) is 18.8 Å². The number of amides is 2. The summed E-state index contributed by atoms with van der Waals surface area (Å²) in [6, 6.07) is -1.21. The second-order valence-corrected chi connectivity index (χ2v) is 5.05. The Balaban J connectivity index is 2.14. The predicted octanol–water partition coefficient (Wildman–Crippen LogP) is 1.58. The summed E-state index contributed by atoms with van der Waals surface area (Å²) in [5.41, 5.74) is 0. The largest absolute Gasteiger partial charge is 0.480 e. The van der Waals surface area contributed by atoms with E-state index in [-0.39, 0.29) is 11.9 Å². The molecule has 98 valence electrons. The Labute approximate surface area is 102 Å². The van der Waals surface area contributed by atoms with Gasteiger partial charge in [0.15, 0.2) is 0 Å². The minimum Gasteiger partial charge on any atom is -0.480 e. The first-order valence-corrected chi connectivity index (χ1v) is 6.28. The van der Waals surface area contributed by atoms with Gasteiger partial charge in [0.25, 0.3) is 0 Å². The minimum absolute atomic E-state index is 0.121. The van der Waals surface area contributed by atoms with E-state index in [4.69, 9.17) is 5.11 Å². The predicted molar refractivity (Wildman–Crippen MR) is 64.8 cm³/mol. The molecule has 1 saturated carbocycles. The number of hydrogen-bond donors (Lipinski definition) is 3. The van der Waals surface area contributed by atoms with Gasteiger partial charge in [-0.1, -0.05) is 26.7 Å². The van der Waals surface area contributed by atoms with Gasteiger partial charge in [-0.05, 0) is 24.7 Å². The van der Waals surface area contributed by atoms with Gasteiger partial charge in [-0.3, -0.25) is 0 Å². The molecule has 2 amide bonds. The van der Waals surface area contributed by atoms with E-state index < -0.39 is 12.0 Å². The van der Waals surface area contributed by atoms with Crippen molar-refractivity contribution in [2.75, 3.05) is 6.54 Å². The lowest BCUT2D eigenvalue weighted by atomic mass is 10.1. The molecule has 5 nitrogen and oxygen atoms in total. The molecular formula is C12H22N2O3. The first kappa shape index (κ1) is 13.8. The van der Waals surface area contributed by atoms with Crippen LogP contribution >= 0.6 is 0 Å². The molecule has 1 unspecified atom stereocenters. The molecule has 0 aromatic rings. The van der Waals surface area contributed by atoms with E-state index in [1.165, 1.54) is 12.8 Å². The van der Waals surface area contributed by atoms with Crippen molar-refractivity contribution in [3.05, 3.63) is 0 Å². The summed E-state index contributed by atoms with van der Waals surface area (Å²) in [4.78, 5) is 22.3. The number of carbonyl (C=O) groups excluding carboxylic acids is 1. The monoisotopic (exact) mass is 242 g/mol. The van der Waals surface area contributed by atoms with Crippen LogP contribution in [-0.2, 0) is 4.79 Å². The van der Waals surface area contributed by atoms with Crippen LogP contribution in [0.5, 0.6) is 0 Å². The van der Waals surface area contributed by atoms with Gasteiger partial charge in [-0.2, -0.15) is 0 Å². The lowest BCUT2D eigenvalue weighted by molar-refractivity contribution is -0.140. The maximum Gasteiger partial charge on any atom is 0.326 e. The van der Waals surface area contributed by atoms with Gasteiger partial charge < -0.3 is 15.7 Å². The molecule has 1 aliphatic carbocycles. The van der Waals surface area contributed by atoms with Crippen molar-refractivity contribution in [3.8, 4) is 0 Å². The third-order valence-electron chi connectivity index (χ3n) is 2.99. The highest BCUT2D eigenvalue weighted by atomic mass is 16.4. The van der Waals surface area contributed by atoms with Gasteiger partial charge in [-0.25, -0.2) is 9.59 Å². The zero-order valence-corrected chi connectivity index (χ0v) is 10.5. The Morgan fingerprint density at radius 1 is 1.35 bits per heavy atom. The molecule has 1 atom stereocenters. The van der Waals surface area contributed by atoms with E-state index in [1.807, 2.05) is 0 Å². The summed E-state index contributed by atoms with van der Waals surface area (Å²) in [5, 5.41) is 14.1. The molecule has 5 heteroatoms. The van der Waals surface area contributed by atoms with Crippen molar-refractivity contribution in [3.63, 3.8) is 0 Å². The Morgan fingerprint density at radius 2 is 2.00 bits per heavy atom. The molecule has 0 saturated heterocycles. The fourth-order valence-electron chi connectivity index (χ4n) is 1.71. The number of nitrogens with one attached hydrogen (secondary N) is 2. The Kier molecular flexibility index (Phi) is 5.25. The van der Waals surface area contributed by atoms with Crippen molar-refractivity contribution in [1.29, 1.82) is 0 Å². The standard InChI is InChI=1S/C12H22N2O3/c1-8(2)10(11(15)16)14-12(17)13-7-3-4-9-5-6-9/h8-10H,3-7H2,1-2H3,(H,15,16)(H2,13,14,17). The lowest BCUT2D eigenvalue weighted by Crippen LogP contribution is -2.48. The Bertz CT molecular complexity index is 275. The quantitative estimate of drug-likeness (QED) is 0.593. The van der Waals surface area contributed by atoms with E-state index >= 15 is 0 Å². The molecule has 0 aromatic carbocycles. The van der Waals surface area contributed by atoms with Crippen molar-refractivity contribution >= 4 is 12.0 Å². The van der Waals surface area contributed by atoms with Crippen LogP contribution in [0.3, 0.4) is 0 Å². The summed E-state index contributed by atoms with van der Waals surface area (Å²) in [5.74, 6) is -0.250. The summed E-state index contributed by atoms with van der Waals surface area (Å²) in [6.45, 7) is 4.16.